The molecule has 3 aromatic rings. The maximum absolute atomic E-state index is 13.8. The molecule has 1 aromatic carbocycles. The molecule has 0 bridgehead atoms. The van der Waals surface area contributed by atoms with E-state index in [-0.39, 0.29) is 58.1 Å². The highest BCUT2D eigenvalue weighted by molar-refractivity contribution is 7.62. The van der Waals surface area contributed by atoms with Crippen molar-refractivity contribution in [3.63, 3.8) is 0 Å². The lowest BCUT2D eigenvalue weighted by molar-refractivity contribution is -0.384. The number of hydrogen-bond acceptors (Lipinski definition) is 9. The third kappa shape index (κ3) is 3.38. The van der Waals surface area contributed by atoms with Crippen molar-refractivity contribution < 1.29 is 32.5 Å². The minimum absolute atomic E-state index is 0.00605. The number of rotatable bonds is 7. The van der Waals surface area contributed by atoms with Crippen LogP contribution in [-0.4, -0.2) is 34.7 Å². The number of carbonyl (C=O) groups is 2. The summed E-state index contributed by atoms with van der Waals surface area (Å²) in [5.74, 6) is -1.65. The molecular formula is C21H17N2O8P. The van der Waals surface area contributed by atoms with E-state index in [1.807, 2.05) is 0 Å². The lowest BCUT2D eigenvalue weighted by Gasteiger charge is -2.19. The zero-order valence-electron chi connectivity index (χ0n) is 17.1. The summed E-state index contributed by atoms with van der Waals surface area (Å²) in [4.78, 5) is 40.9. The highest BCUT2D eigenvalue weighted by Gasteiger charge is 2.45. The Morgan fingerprint density at radius 3 is 2.28 bits per heavy atom. The van der Waals surface area contributed by atoms with Crippen LogP contribution in [0.4, 0.5) is 5.69 Å². The van der Waals surface area contributed by atoms with Gasteiger partial charge in [0.2, 0.25) is 11.6 Å². The van der Waals surface area contributed by atoms with Crippen LogP contribution in [0.2, 0.25) is 0 Å². The molecule has 0 saturated carbocycles. The summed E-state index contributed by atoms with van der Waals surface area (Å²) in [5, 5.41) is 10.8. The average molecular weight is 456 g/mol. The number of carbonyl (C=O) groups excluding carboxylic acids is 2. The SMILES string of the molecule is CCOP(=O)(OCC)c1c(-c2ccc([N+](=O)[O-])cc2)oc2c1C(=O)c1ncccc1C2=O. The van der Waals surface area contributed by atoms with Crippen molar-refractivity contribution in [2.24, 2.45) is 0 Å². The first-order valence-electron chi connectivity index (χ1n) is 9.68. The monoisotopic (exact) mass is 456 g/mol. The quantitative estimate of drug-likeness (QED) is 0.230. The van der Waals surface area contributed by atoms with Crippen molar-refractivity contribution >= 4 is 30.2 Å². The highest BCUT2D eigenvalue weighted by atomic mass is 31.2. The number of nitro groups is 1. The molecular weight excluding hydrogens is 439 g/mol. The van der Waals surface area contributed by atoms with Crippen LogP contribution in [0, 0.1) is 10.1 Å². The van der Waals surface area contributed by atoms with Gasteiger partial charge in [0.15, 0.2) is 11.5 Å². The van der Waals surface area contributed by atoms with Crippen molar-refractivity contribution in [2.45, 2.75) is 13.8 Å². The van der Waals surface area contributed by atoms with Gasteiger partial charge >= 0.3 is 7.60 Å². The molecule has 0 unspecified atom stereocenters. The first-order chi connectivity index (χ1) is 15.3. The Kier molecular flexibility index (Phi) is 5.60. The van der Waals surface area contributed by atoms with E-state index in [1.54, 1.807) is 13.8 Å². The number of aromatic nitrogens is 1. The van der Waals surface area contributed by atoms with Crippen molar-refractivity contribution in [3.05, 3.63) is 75.3 Å². The smallest absolute Gasteiger partial charge is 0.366 e. The number of nitro benzene ring substituents is 1. The molecule has 4 rings (SSSR count). The minimum Gasteiger partial charge on any atom is -0.451 e. The maximum Gasteiger partial charge on any atom is 0.366 e. The van der Waals surface area contributed by atoms with E-state index in [2.05, 4.69) is 4.98 Å². The van der Waals surface area contributed by atoms with Crippen molar-refractivity contribution in [2.75, 3.05) is 13.2 Å². The fourth-order valence-electron chi connectivity index (χ4n) is 3.50. The van der Waals surface area contributed by atoms with Gasteiger partial charge in [-0.05, 0) is 38.1 Å². The van der Waals surface area contributed by atoms with E-state index >= 15 is 0 Å². The molecule has 1 aliphatic rings. The Hall–Kier alpha value is -3.46. The number of non-ortho nitro benzene ring substituents is 1. The molecule has 1 aliphatic carbocycles. The topological polar surface area (TPSA) is 139 Å². The number of fused-ring (bicyclic) bond motifs is 2. The van der Waals surface area contributed by atoms with Crippen molar-refractivity contribution in [1.29, 1.82) is 0 Å². The van der Waals surface area contributed by atoms with Crippen LogP contribution in [0.25, 0.3) is 11.3 Å². The molecule has 11 heteroatoms. The molecule has 32 heavy (non-hydrogen) atoms. The second-order valence-electron chi connectivity index (χ2n) is 6.68. The van der Waals surface area contributed by atoms with Crippen LogP contribution < -0.4 is 5.30 Å². The Morgan fingerprint density at radius 1 is 1.03 bits per heavy atom. The van der Waals surface area contributed by atoms with E-state index in [0.717, 1.165) is 0 Å². The molecule has 0 atom stereocenters. The molecule has 164 valence electrons. The minimum atomic E-state index is -4.12. The van der Waals surface area contributed by atoms with Crippen molar-refractivity contribution in [3.8, 4) is 11.3 Å². The largest absolute Gasteiger partial charge is 0.451 e. The Balaban J connectivity index is 2.03. The van der Waals surface area contributed by atoms with Gasteiger partial charge in [0, 0.05) is 23.9 Å². The van der Waals surface area contributed by atoms with Gasteiger partial charge in [-0.1, -0.05) is 0 Å². The second-order valence-corrected chi connectivity index (χ2v) is 8.64. The maximum atomic E-state index is 13.8. The number of nitrogens with zero attached hydrogens (tertiary/aromatic N) is 2. The second kappa shape index (κ2) is 8.23. The first-order valence-corrected chi connectivity index (χ1v) is 11.2. The first kappa shape index (κ1) is 21.8. The summed E-state index contributed by atoms with van der Waals surface area (Å²) in [6.45, 7) is 3.20. The molecule has 10 nitrogen and oxygen atoms in total. The molecule has 2 heterocycles. The fourth-order valence-corrected chi connectivity index (χ4v) is 5.41. The molecule has 0 spiro atoms. The summed E-state index contributed by atoms with van der Waals surface area (Å²) in [6, 6.07) is 8.16. The van der Waals surface area contributed by atoms with Crippen LogP contribution in [0.5, 0.6) is 0 Å². The van der Waals surface area contributed by atoms with Crippen LogP contribution in [0.3, 0.4) is 0 Å². The lowest BCUT2D eigenvalue weighted by Crippen LogP contribution is -2.27. The van der Waals surface area contributed by atoms with Crippen LogP contribution in [0.15, 0.2) is 47.0 Å². The summed E-state index contributed by atoms with van der Waals surface area (Å²) in [5.41, 5.74) is -0.185. The average Bonchev–Trinajstić information content (AvgIpc) is 3.20. The van der Waals surface area contributed by atoms with E-state index in [1.165, 1.54) is 42.6 Å². The van der Waals surface area contributed by atoms with Crippen molar-refractivity contribution in [1.82, 2.24) is 4.98 Å². The number of ketones is 2. The molecule has 0 fully saturated rings. The predicted octanol–water partition coefficient (Wildman–Crippen LogP) is 3.92. The Morgan fingerprint density at radius 2 is 1.69 bits per heavy atom. The van der Waals surface area contributed by atoms with Gasteiger partial charge in [-0.25, -0.2) is 0 Å². The van der Waals surface area contributed by atoms with E-state index < -0.39 is 24.1 Å². The molecule has 2 aromatic heterocycles. The van der Waals surface area contributed by atoms with Gasteiger partial charge < -0.3 is 13.5 Å². The van der Waals surface area contributed by atoms with E-state index in [4.69, 9.17) is 13.5 Å². The highest BCUT2D eigenvalue weighted by Crippen LogP contribution is 2.52. The van der Waals surface area contributed by atoms with Crippen LogP contribution in [-0.2, 0) is 13.6 Å². The third-order valence-corrected chi connectivity index (χ3v) is 6.97. The molecule has 0 amide bonds. The standard InChI is InChI=1S/C21H17N2O8P/c1-3-29-32(28,30-4-2)21-15-18(25)16-14(6-5-11-22-16)17(24)20(15)31-19(21)12-7-9-13(10-8-12)23(26)27/h5-11H,3-4H2,1-2H3. The summed E-state index contributed by atoms with van der Waals surface area (Å²) in [6.07, 6.45) is 1.37. The Bertz CT molecular complexity index is 1290. The number of furan rings is 1. The lowest BCUT2D eigenvalue weighted by atomic mass is 9.92. The fraction of sp³-hybridized carbons (Fsp3) is 0.190. The zero-order chi connectivity index (χ0) is 23.0. The molecule has 0 N–H and O–H groups in total. The molecule has 0 saturated heterocycles. The number of pyridine rings is 1. The normalized spacial score (nSPS) is 13.1. The van der Waals surface area contributed by atoms with Crippen LogP contribution >= 0.6 is 7.60 Å². The number of benzene rings is 1. The van der Waals surface area contributed by atoms with Gasteiger partial charge in [-0.2, -0.15) is 0 Å². The zero-order valence-corrected chi connectivity index (χ0v) is 18.0. The van der Waals surface area contributed by atoms with Gasteiger partial charge in [0.05, 0.1) is 29.3 Å². The third-order valence-electron chi connectivity index (χ3n) is 4.80. The number of hydrogen-bond donors (Lipinski definition) is 0. The molecule has 0 radical (unpaired) electrons. The van der Waals surface area contributed by atoms with E-state index in [0.29, 0.717) is 0 Å². The summed E-state index contributed by atoms with van der Waals surface area (Å²) >= 11 is 0. The summed E-state index contributed by atoms with van der Waals surface area (Å²) in [7, 11) is -4.12. The van der Waals surface area contributed by atoms with Gasteiger partial charge in [0.1, 0.15) is 11.0 Å². The predicted molar refractivity (Wildman–Crippen MR) is 112 cm³/mol. The van der Waals surface area contributed by atoms with Gasteiger partial charge in [-0.15, -0.1) is 0 Å². The van der Waals surface area contributed by atoms with Gasteiger partial charge in [0.25, 0.3) is 5.69 Å². The summed E-state index contributed by atoms with van der Waals surface area (Å²) < 4.78 is 30.5. The Labute approximate surface area is 181 Å². The van der Waals surface area contributed by atoms with E-state index in [9.17, 15) is 24.3 Å². The molecule has 0 aliphatic heterocycles. The van der Waals surface area contributed by atoms with Crippen LogP contribution in [0.1, 0.15) is 46.0 Å². The van der Waals surface area contributed by atoms with Gasteiger partial charge in [-0.3, -0.25) is 29.3 Å².